The molecule has 0 radical (unpaired) electrons. The van der Waals surface area contributed by atoms with Gasteiger partial charge in [0, 0.05) is 26.4 Å². The number of amides is 2. The molecule has 0 aromatic heterocycles. The Morgan fingerprint density at radius 3 is 2.58 bits per heavy atom. The van der Waals surface area contributed by atoms with Crippen molar-refractivity contribution in [1.29, 1.82) is 0 Å². The highest BCUT2D eigenvalue weighted by Crippen LogP contribution is 2.56. The van der Waals surface area contributed by atoms with Crippen LogP contribution in [0, 0.1) is 17.8 Å². The zero-order valence-corrected chi connectivity index (χ0v) is 19.3. The van der Waals surface area contributed by atoms with Crippen LogP contribution in [0.15, 0.2) is 24.3 Å². The summed E-state index contributed by atoms with van der Waals surface area (Å²) in [7, 11) is 1.37. The number of hydrogen-bond donors (Lipinski definition) is 0. The third-order valence-corrected chi connectivity index (χ3v) is 8.37. The molecule has 3 aliphatic heterocycles. The molecule has 1 aromatic carbocycles. The van der Waals surface area contributed by atoms with E-state index in [0.717, 1.165) is 25.1 Å². The van der Waals surface area contributed by atoms with Crippen molar-refractivity contribution in [3.63, 3.8) is 0 Å². The van der Waals surface area contributed by atoms with E-state index in [9.17, 15) is 19.2 Å². The second kappa shape index (κ2) is 7.94. The summed E-state index contributed by atoms with van der Waals surface area (Å²) in [6.07, 6.45) is 2.24. The van der Waals surface area contributed by atoms with Crippen LogP contribution in [0.2, 0.25) is 0 Å². The molecule has 1 aromatic rings. The van der Waals surface area contributed by atoms with Crippen LogP contribution in [-0.2, 0) is 34.1 Å². The van der Waals surface area contributed by atoms with Gasteiger partial charge in [0.2, 0.25) is 11.8 Å². The topological polar surface area (TPSA) is 93.2 Å². The Hall–Kier alpha value is -2.74. The van der Waals surface area contributed by atoms with Gasteiger partial charge in [-0.15, -0.1) is 0 Å². The maximum Gasteiger partial charge on any atom is 0.312 e. The van der Waals surface area contributed by atoms with Crippen LogP contribution in [0.1, 0.15) is 45.1 Å². The van der Waals surface area contributed by atoms with E-state index < -0.39 is 23.4 Å². The van der Waals surface area contributed by atoms with E-state index in [4.69, 9.17) is 9.47 Å². The first-order valence-corrected chi connectivity index (χ1v) is 11.7. The summed E-state index contributed by atoms with van der Waals surface area (Å²) in [6, 6.07) is 7.45. The second-order valence-corrected chi connectivity index (χ2v) is 9.84. The standard InChI is InChI=1S/C25H30N2O6/c1-14(28)27-19-7-5-4-6-18(19)25(24(27)31)10-11-26-13-16-8-9-20(33-15(2)29)22(23(30)32-3)17(16)12-21(25)26/h4-7,16-17,20-22H,8-13H2,1-3H3/t16-,17-,20-,21-,22+,25-/m0/s1. The first-order valence-electron chi connectivity index (χ1n) is 11.7. The number of carbonyl (C=O) groups is 4. The molecular weight excluding hydrogens is 424 g/mol. The van der Waals surface area contributed by atoms with E-state index in [1.807, 2.05) is 24.3 Å². The van der Waals surface area contributed by atoms with Crippen LogP contribution in [0.25, 0.3) is 0 Å². The summed E-state index contributed by atoms with van der Waals surface area (Å²) >= 11 is 0. The van der Waals surface area contributed by atoms with E-state index in [0.29, 0.717) is 24.9 Å². The quantitative estimate of drug-likeness (QED) is 0.632. The zero-order chi connectivity index (χ0) is 23.5. The van der Waals surface area contributed by atoms with Gasteiger partial charge in [0.1, 0.15) is 6.10 Å². The van der Waals surface area contributed by atoms with Gasteiger partial charge < -0.3 is 9.47 Å². The number of methoxy groups -OCH3 is 1. The maximum atomic E-state index is 13.8. The van der Waals surface area contributed by atoms with Crippen LogP contribution >= 0.6 is 0 Å². The monoisotopic (exact) mass is 454 g/mol. The first-order chi connectivity index (χ1) is 15.8. The third-order valence-electron chi connectivity index (χ3n) is 8.37. The summed E-state index contributed by atoms with van der Waals surface area (Å²) in [5.74, 6) is -1.55. The molecule has 0 unspecified atom stereocenters. The molecule has 0 bridgehead atoms. The molecule has 1 spiro atoms. The van der Waals surface area contributed by atoms with Crippen molar-refractivity contribution in [1.82, 2.24) is 4.90 Å². The normalized spacial score (nSPS) is 35.1. The lowest BCUT2D eigenvalue weighted by Gasteiger charge is -2.50. The largest absolute Gasteiger partial charge is 0.469 e. The molecule has 33 heavy (non-hydrogen) atoms. The molecule has 5 rings (SSSR count). The lowest BCUT2D eigenvalue weighted by atomic mass is 9.62. The van der Waals surface area contributed by atoms with E-state index in [2.05, 4.69) is 4.90 Å². The van der Waals surface area contributed by atoms with Crippen LogP contribution in [0.3, 0.4) is 0 Å². The fourth-order valence-corrected chi connectivity index (χ4v) is 7.14. The van der Waals surface area contributed by atoms with Crippen molar-refractivity contribution >= 4 is 29.4 Å². The summed E-state index contributed by atoms with van der Waals surface area (Å²) < 4.78 is 10.7. The van der Waals surface area contributed by atoms with Crippen LogP contribution in [0.4, 0.5) is 5.69 Å². The molecule has 3 fully saturated rings. The summed E-state index contributed by atoms with van der Waals surface area (Å²) in [5.41, 5.74) is 0.769. The molecule has 0 N–H and O–H groups in total. The van der Waals surface area contributed by atoms with Crippen molar-refractivity contribution in [3.8, 4) is 0 Å². The van der Waals surface area contributed by atoms with Crippen molar-refractivity contribution in [2.45, 2.75) is 57.1 Å². The van der Waals surface area contributed by atoms with Gasteiger partial charge in [-0.3, -0.25) is 24.1 Å². The minimum absolute atomic E-state index is 0.0573. The zero-order valence-electron chi connectivity index (χ0n) is 19.3. The molecule has 6 atom stereocenters. The number of imide groups is 1. The number of esters is 2. The van der Waals surface area contributed by atoms with Crippen molar-refractivity contribution in [3.05, 3.63) is 29.8 Å². The number of carbonyl (C=O) groups excluding carboxylic acids is 4. The average molecular weight is 455 g/mol. The molecule has 2 amide bonds. The molecule has 176 valence electrons. The Morgan fingerprint density at radius 2 is 1.88 bits per heavy atom. The first kappa shape index (κ1) is 22.1. The Labute approximate surface area is 193 Å². The number of fused-ring (bicyclic) bond motifs is 5. The van der Waals surface area contributed by atoms with Gasteiger partial charge in [-0.1, -0.05) is 18.2 Å². The number of piperidine rings is 1. The number of hydrogen-bond acceptors (Lipinski definition) is 7. The van der Waals surface area contributed by atoms with E-state index in [1.165, 1.54) is 25.9 Å². The molecular formula is C25H30N2O6. The van der Waals surface area contributed by atoms with Gasteiger partial charge in [0.05, 0.1) is 24.1 Å². The molecule has 4 aliphatic rings. The van der Waals surface area contributed by atoms with Gasteiger partial charge >= 0.3 is 11.9 Å². The van der Waals surface area contributed by atoms with Gasteiger partial charge in [-0.25, -0.2) is 4.90 Å². The van der Waals surface area contributed by atoms with Crippen molar-refractivity contribution < 1.29 is 28.7 Å². The molecule has 8 heteroatoms. The lowest BCUT2D eigenvalue weighted by Crippen LogP contribution is -2.58. The van der Waals surface area contributed by atoms with E-state index in [1.54, 1.807) is 0 Å². The average Bonchev–Trinajstić information content (AvgIpc) is 3.28. The van der Waals surface area contributed by atoms with Crippen molar-refractivity contribution in [2.75, 3.05) is 25.1 Å². The van der Waals surface area contributed by atoms with E-state index in [-0.39, 0.29) is 35.7 Å². The predicted molar refractivity (Wildman–Crippen MR) is 118 cm³/mol. The summed E-state index contributed by atoms with van der Waals surface area (Å²) in [4.78, 5) is 54.6. The van der Waals surface area contributed by atoms with Crippen LogP contribution < -0.4 is 4.90 Å². The SMILES string of the molecule is COC(=O)[C@@H]1[C@H]2C[C@@H]3N(CC[C@@]34C(=O)N(C(C)=O)c3ccccc34)C[C@@H]2CC[C@@H]1OC(C)=O. The highest BCUT2D eigenvalue weighted by atomic mass is 16.6. The van der Waals surface area contributed by atoms with Gasteiger partial charge in [0.15, 0.2) is 0 Å². The highest BCUT2D eigenvalue weighted by molar-refractivity contribution is 6.22. The Balaban J connectivity index is 1.54. The van der Waals surface area contributed by atoms with Gasteiger partial charge in [0.25, 0.3) is 0 Å². The molecule has 1 saturated carbocycles. The predicted octanol–water partition coefficient (Wildman–Crippen LogP) is 2.04. The fourth-order valence-electron chi connectivity index (χ4n) is 7.14. The second-order valence-electron chi connectivity index (χ2n) is 9.84. The number of anilines is 1. The number of rotatable bonds is 2. The molecule has 1 aliphatic carbocycles. The fraction of sp³-hybridized carbons (Fsp3) is 0.600. The Bertz CT molecular complexity index is 1020. The molecule has 2 saturated heterocycles. The minimum Gasteiger partial charge on any atom is -0.469 e. The summed E-state index contributed by atoms with van der Waals surface area (Å²) in [5, 5.41) is 0. The smallest absolute Gasteiger partial charge is 0.312 e. The van der Waals surface area contributed by atoms with Gasteiger partial charge in [-0.05, 0) is 55.7 Å². The molecule has 8 nitrogen and oxygen atoms in total. The number of ether oxygens (including phenoxy) is 2. The Kier molecular flexibility index (Phi) is 5.31. The van der Waals surface area contributed by atoms with Crippen molar-refractivity contribution in [2.24, 2.45) is 17.8 Å². The van der Waals surface area contributed by atoms with E-state index >= 15 is 0 Å². The lowest BCUT2D eigenvalue weighted by molar-refractivity contribution is -0.170. The Morgan fingerprint density at radius 1 is 1.12 bits per heavy atom. The van der Waals surface area contributed by atoms with Gasteiger partial charge in [-0.2, -0.15) is 0 Å². The molecule has 3 heterocycles. The summed E-state index contributed by atoms with van der Waals surface area (Å²) in [6.45, 7) is 4.35. The highest BCUT2D eigenvalue weighted by Gasteiger charge is 2.64. The van der Waals surface area contributed by atoms with Crippen LogP contribution in [-0.4, -0.2) is 61.0 Å². The minimum atomic E-state index is -0.803. The van der Waals surface area contributed by atoms with Crippen LogP contribution in [0.5, 0.6) is 0 Å². The third kappa shape index (κ3) is 3.14. The number of nitrogens with zero attached hydrogens (tertiary/aromatic N) is 2. The number of benzene rings is 1. The maximum absolute atomic E-state index is 13.8. The number of para-hydroxylation sites is 1.